The average molecular weight is 381 g/mol. The Morgan fingerprint density at radius 3 is 2.67 bits per heavy atom. The number of hydrogen-bond acceptors (Lipinski definition) is 4. The molecule has 0 aliphatic heterocycles. The summed E-state index contributed by atoms with van der Waals surface area (Å²) in [5, 5.41) is 4.56. The Morgan fingerprint density at radius 1 is 1.07 bits per heavy atom. The molecule has 0 aliphatic carbocycles. The smallest absolute Gasteiger partial charge is 0.284 e. The van der Waals surface area contributed by atoms with Gasteiger partial charge in [-0.1, -0.05) is 23.7 Å². The Hall–Kier alpha value is -3.25. The molecular formula is C20H14ClFN4O. The molecule has 0 spiro atoms. The molecule has 1 N–H and O–H groups in total. The monoisotopic (exact) mass is 380 g/mol. The molecule has 0 amide bonds. The number of nitrogens with zero attached hydrogens (tertiary/aromatic N) is 3. The van der Waals surface area contributed by atoms with E-state index in [0.717, 1.165) is 16.5 Å². The third-order valence-electron chi connectivity index (χ3n) is 4.15. The first-order valence-electron chi connectivity index (χ1n) is 8.22. The number of benzene rings is 2. The second kappa shape index (κ2) is 7.17. The van der Waals surface area contributed by atoms with Crippen LogP contribution in [-0.4, -0.2) is 20.4 Å². The van der Waals surface area contributed by atoms with Crippen LogP contribution in [0.4, 0.5) is 10.2 Å². The lowest BCUT2D eigenvalue weighted by Gasteiger charge is -2.10. The normalized spacial score (nSPS) is 10.9. The van der Waals surface area contributed by atoms with Crippen molar-refractivity contribution in [2.24, 2.45) is 0 Å². The Balaban J connectivity index is 1.63. The number of carbonyl (C=O) groups excluding carboxylic acids is 1. The fourth-order valence-corrected chi connectivity index (χ4v) is 3.00. The fraction of sp³-hybridized carbons (Fsp3) is 0.0500. The van der Waals surface area contributed by atoms with Gasteiger partial charge in [0.1, 0.15) is 5.82 Å². The zero-order valence-electron chi connectivity index (χ0n) is 14.1. The summed E-state index contributed by atoms with van der Waals surface area (Å²) in [5.74, 6) is -0.238. The van der Waals surface area contributed by atoms with Gasteiger partial charge in [-0.2, -0.15) is 0 Å². The van der Waals surface area contributed by atoms with E-state index in [1.54, 1.807) is 36.5 Å². The Kier molecular flexibility index (Phi) is 4.56. The van der Waals surface area contributed by atoms with Crippen molar-refractivity contribution in [1.82, 2.24) is 14.5 Å². The first-order chi connectivity index (χ1) is 13.1. The Morgan fingerprint density at radius 2 is 1.85 bits per heavy atom. The van der Waals surface area contributed by atoms with E-state index in [1.807, 2.05) is 6.07 Å². The second-order valence-corrected chi connectivity index (χ2v) is 6.36. The van der Waals surface area contributed by atoms with Crippen LogP contribution in [0.25, 0.3) is 10.9 Å². The molecule has 0 saturated heterocycles. The van der Waals surface area contributed by atoms with Crippen molar-refractivity contribution < 1.29 is 9.18 Å². The molecule has 0 aliphatic rings. The molecule has 2 heterocycles. The van der Waals surface area contributed by atoms with E-state index in [2.05, 4.69) is 15.3 Å². The minimum absolute atomic E-state index is 0.201. The van der Waals surface area contributed by atoms with Crippen molar-refractivity contribution in [3.05, 3.63) is 89.2 Å². The van der Waals surface area contributed by atoms with Crippen molar-refractivity contribution in [2.75, 3.05) is 5.32 Å². The highest BCUT2D eigenvalue weighted by Gasteiger charge is 2.18. The summed E-state index contributed by atoms with van der Waals surface area (Å²) in [7, 11) is 0. The van der Waals surface area contributed by atoms with Crippen LogP contribution in [0, 0.1) is 5.82 Å². The lowest BCUT2D eigenvalue weighted by Crippen LogP contribution is -2.16. The maximum absolute atomic E-state index is 13.0. The zero-order valence-corrected chi connectivity index (χ0v) is 14.8. The molecule has 2 aromatic heterocycles. The second-order valence-electron chi connectivity index (χ2n) is 5.93. The molecule has 4 aromatic rings. The van der Waals surface area contributed by atoms with Crippen molar-refractivity contribution >= 4 is 34.2 Å². The van der Waals surface area contributed by atoms with Gasteiger partial charge < -0.3 is 5.32 Å². The van der Waals surface area contributed by atoms with Gasteiger partial charge in [-0.05, 0) is 42.0 Å². The average Bonchev–Trinajstić information content (AvgIpc) is 3.10. The maximum atomic E-state index is 13.0. The summed E-state index contributed by atoms with van der Waals surface area (Å²) < 4.78 is 14.5. The highest BCUT2D eigenvalue weighted by molar-refractivity contribution is 6.31. The van der Waals surface area contributed by atoms with E-state index in [1.165, 1.54) is 29.1 Å². The van der Waals surface area contributed by atoms with Gasteiger partial charge in [-0.3, -0.25) is 9.36 Å². The van der Waals surface area contributed by atoms with Crippen LogP contribution >= 0.6 is 11.6 Å². The van der Waals surface area contributed by atoms with Crippen molar-refractivity contribution in [3.63, 3.8) is 0 Å². The number of fused-ring (bicyclic) bond motifs is 1. The van der Waals surface area contributed by atoms with Crippen LogP contribution in [-0.2, 0) is 6.54 Å². The SMILES string of the molecule is O=C(c1nccnc1NCc1ccc(F)cc1)n1ccc2cc(Cl)ccc21. The molecule has 7 heteroatoms. The summed E-state index contributed by atoms with van der Waals surface area (Å²) in [5.41, 5.74) is 1.80. The van der Waals surface area contributed by atoms with Gasteiger partial charge in [0.15, 0.2) is 11.5 Å². The van der Waals surface area contributed by atoms with Crippen molar-refractivity contribution in [2.45, 2.75) is 6.54 Å². The number of carbonyl (C=O) groups is 1. The largest absolute Gasteiger partial charge is 0.364 e. The standard InChI is InChI=1S/C20H14ClFN4O/c21-15-3-6-17-14(11-15)7-10-26(17)20(27)18-19(24-9-8-23-18)25-12-13-1-4-16(22)5-2-13/h1-11H,12H2,(H,24,25). The minimum atomic E-state index is -0.304. The first kappa shape index (κ1) is 17.2. The highest BCUT2D eigenvalue weighted by Crippen LogP contribution is 2.22. The van der Waals surface area contributed by atoms with E-state index in [9.17, 15) is 9.18 Å². The third kappa shape index (κ3) is 3.52. The van der Waals surface area contributed by atoms with Crippen LogP contribution < -0.4 is 5.32 Å². The third-order valence-corrected chi connectivity index (χ3v) is 4.38. The number of rotatable bonds is 4. The minimum Gasteiger partial charge on any atom is -0.364 e. The molecule has 27 heavy (non-hydrogen) atoms. The quantitative estimate of drug-likeness (QED) is 0.565. The molecule has 0 bridgehead atoms. The van der Waals surface area contributed by atoms with E-state index in [0.29, 0.717) is 17.4 Å². The number of aromatic nitrogens is 3. The highest BCUT2D eigenvalue weighted by atomic mass is 35.5. The van der Waals surface area contributed by atoms with Crippen molar-refractivity contribution in [1.29, 1.82) is 0 Å². The molecule has 0 saturated carbocycles. The number of nitrogens with one attached hydrogen (secondary N) is 1. The number of halogens is 2. The lowest BCUT2D eigenvalue weighted by atomic mass is 10.2. The Bertz CT molecular complexity index is 1120. The molecule has 0 fully saturated rings. The summed E-state index contributed by atoms with van der Waals surface area (Å²) in [6.45, 7) is 0.390. The number of hydrogen-bond donors (Lipinski definition) is 1. The zero-order chi connectivity index (χ0) is 18.8. The van der Waals surface area contributed by atoms with Gasteiger partial charge in [0.05, 0.1) is 5.52 Å². The molecular weight excluding hydrogens is 367 g/mol. The van der Waals surface area contributed by atoms with E-state index >= 15 is 0 Å². The molecule has 2 aromatic carbocycles. The summed E-state index contributed by atoms with van der Waals surface area (Å²) in [6.07, 6.45) is 4.66. The lowest BCUT2D eigenvalue weighted by molar-refractivity contribution is 0.0960. The summed E-state index contributed by atoms with van der Waals surface area (Å²) in [4.78, 5) is 21.5. The molecule has 5 nitrogen and oxygen atoms in total. The first-order valence-corrected chi connectivity index (χ1v) is 8.60. The Labute approximate surface area is 159 Å². The van der Waals surface area contributed by atoms with Crippen LogP contribution in [0.1, 0.15) is 16.1 Å². The summed E-state index contributed by atoms with van der Waals surface area (Å²) >= 11 is 6.01. The molecule has 4 rings (SSSR count). The van der Waals surface area contributed by atoms with Gasteiger partial charge in [0.2, 0.25) is 0 Å². The number of anilines is 1. The van der Waals surface area contributed by atoms with Gasteiger partial charge in [0, 0.05) is 35.5 Å². The van der Waals surface area contributed by atoms with Gasteiger partial charge in [-0.25, -0.2) is 14.4 Å². The van der Waals surface area contributed by atoms with Crippen LogP contribution in [0.2, 0.25) is 5.02 Å². The fourth-order valence-electron chi connectivity index (χ4n) is 2.82. The van der Waals surface area contributed by atoms with Crippen LogP contribution in [0.15, 0.2) is 67.1 Å². The molecule has 0 unspecified atom stereocenters. The van der Waals surface area contributed by atoms with Gasteiger partial charge >= 0.3 is 0 Å². The van der Waals surface area contributed by atoms with Crippen molar-refractivity contribution in [3.8, 4) is 0 Å². The van der Waals surface area contributed by atoms with E-state index in [4.69, 9.17) is 11.6 Å². The predicted octanol–water partition coefficient (Wildman–Crippen LogP) is 4.52. The van der Waals surface area contributed by atoms with Crippen LogP contribution in [0.5, 0.6) is 0 Å². The van der Waals surface area contributed by atoms with Crippen LogP contribution in [0.3, 0.4) is 0 Å². The van der Waals surface area contributed by atoms with Gasteiger partial charge in [-0.15, -0.1) is 0 Å². The van der Waals surface area contributed by atoms with E-state index in [-0.39, 0.29) is 17.4 Å². The van der Waals surface area contributed by atoms with Gasteiger partial charge in [0.25, 0.3) is 5.91 Å². The maximum Gasteiger partial charge on any atom is 0.284 e. The summed E-state index contributed by atoms with van der Waals surface area (Å²) in [6, 6.07) is 13.3. The topological polar surface area (TPSA) is 59.8 Å². The van der Waals surface area contributed by atoms with E-state index < -0.39 is 0 Å². The molecule has 134 valence electrons. The molecule has 0 atom stereocenters. The molecule has 0 radical (unpaired) electrons. The predicted molar refractivity (Wildman–Crippen MR) is 102 cm³/mol.